The van der Waals surface area contributed by atoms with Gasteiger partial charge in [0.1, 0.15) is 18.0 Å². The van der Waals surface area contributed by atoms with Crippen molar-refractivity contribution in [1.29, 1.82) is 0 Å². The topological polar surface area (TPSA) is 77.2 Å². The van der Waals surface area contributed by atoms with Gasteiger partial charge in [-0.05, 0) is 32.1 Å². The molecule has 1 N–H and O–H groups in total. The van der Waals surface area contributed by atoms with Crippen LogP contribution in [0.15, 0.2) is 6.33 Å². The van der Waals surface area contributed by atoms with Crippen LogP contribution in [0.4, 0.5) is 0 Å². The van der Waals surface area contributed by atoms with Crippen LogP contribution in [0.1, 0.15) is 44.0 Å². The normalized spacial score (nSPS) is 26.7. The number of hydrogen-bond donors (Lipinski definition) is 1. The number of carbonyl (C=O) groups is 1. The van der Waals surface area contributed by atoms with Gasteiger partial charge in [-0.15, -0.1) is 10.2 Å². The average molecular weight is 237 g/mol. The summed E-state index contributed by atoms with van der Waals surface area (Å²) in [5.41, 5.74) is -0.829. The molecule has 1 aliphatic carbocycles. The highest BCUT2D eigenvalue weighted by Gasteiger charge is 2.48. The summed E-state index contributed by atoms with van der Waals surface area (Å²) in [6.45, 7) is 0.720. The highest BCUT2D eigenvalue weighted by atomic mass is 16.5. The molecule has 0 spiro atoms. The lowest BCUT2D eigenvalue weighted by atomic mass is 9.76. The van der Waals surface area contributed by atoms with Crippen LogP contribution < -0.4 is 0 Å². The van der Waals surface area contributed by atoms with Crippen molar-refractivity contribution in [1.82, 2.24) is 14.8 Å². The smallest absolute Gasteiger partial charge is 0.329 e. The van der Waals surface area contributed by atoms with Gasteiger partial charge in [-0.25, -0.2) is 4.79 Å². The lowest BCUT2D eigenvalue weighted by Gasteiger charge is -2.39. The summed E-state index contributed by atoms with van der Waals surface area (Å²) in [6, 6.07) is 0. The number of nitrogens with zero attached hydrogens (tertiary/aromatic N) is 3. The minimum Gasteiger partial charge on any atom is -0.479 e. The molecule has 1 aromatic heterocycles. The molecule has 6 heteroatoms. The van der Waals surface area contributed by atoms with Crippen LogP contribution in [0.25, 0.3) is 0 Å². The lowest BCUT2D eigenvalue weighted by Crippen LogP contribution is -2.48. The first-order valence-corrected chi connectivity index (χ1v) is 5.99. The maximum atomic E-state index is 11.5. The van der Waals surface area contributed by atoms with Crippen LogP contribution in [0.3, 0.4) is 0 Å². The van der Waals surface area contributed by atoms with E-state index in [1.807, 2.05) is 0 Å². The number of ether oxygens (including phenoxy) is 1. The van der Waals surface area contributed by atoms with Crippen molar-refractivity contribution in [2.75, 3.05) is 6.61 Å². The predicted molar refractivity (Wildman–Crippen MR) is 57.4 cm³/mol. The van der Waals surface area contributed by atoms with E-state index >= 15 is 0 Å². The third-order valence-corrected chi connectivity index (χ3v) is 3.83. The third-order valence-electron chi connectivity index (χ3n) is 3.83. The predicted octanol–water partition coefficient (Wildman–Crippen LogP) is 1.09. The zero-order chi connectivity index (χ0) is 11.9. The Bertz CT molecular complexity index is 433. The molecule has 1 aliphatic heterocycles. The molecule has 2 heterocycles. The monoisotopic (exact) mass is 237 g/mol. The molecule has 3 rings (SSSR count). The molecule has 0 bridgehead atoms. The maximum Gasteiger partial charge on any atom is 0.329 e. The fraction of sp³-hybridized carbons (Fsp3) is 0.727. The van der Waals surface area contributed by atoms with E-state index in [0.29, 0.717) is 18.7 Å². The van der Waals surface area contributed by atoms with Crippen molar-refractivity contribution in [3.8, 4) is 0 Å². The van der Waals surface area contributed by atoms with E-state index in [2.05, 4.69) is 10.2 Å². The molecule has 1 aromatic rings. The summed E-state index contributed by atoms with van der Waals surface area (Å²) < 4.78 is 7.28. The summed E-state index contributed by atoms with van der Waals surface area (Å²) in [7, 11) is 0. The summed E-state index contributed by atoms with van der Waals surface area (Å²) in [4.78, 5) is 11.5. The Balaban J connectivity index is 1.97. The Morgan fingerprint density at radius 1 is 1.53 bits per heavy atom. The number of carboxylic acid groups (broad SMARTS) is 1. The van der Waals surface area contributed by atoms with Crippen LogP contribution in [0.5, 0.6) is 0 Å². The standard InChI is InChI=1S/C11H15N3O3/c15-10(16)11(4-2-5-11)14-7-12-13-9(14)8-3-1-6-17-8/h7-8H,1-6H2,(H,15,16). The molecule has 1 saturated heterocycles. The molecule has 0 aromatic carbocycles. The minimum absolute atomic E-state index is 0.0886. The molecule has 92 valence electrons. The number of carboxylic acids is 1. The molecular weight excluding hydrogens is 222 g/mol. The van der Waals surface area contributed by atoms with Gasteiger partial charge < -0.3 is 9.84 Å². The largest absolute Gasteiger partial charge is 0.479 e. The summed E-state index contributed by atoms with van der Waals surface area (Å²) in [5, 5.41) is 17.3. The van der Waals surface area contributed by atoms with Gasteiger partial charge in [0.25, 0.3) is 0 Å². The van der Waals surface area contributed by atoms with E-state index < -0.39 is 11.5 Å². The van der Waals surface area contributed by atoms with Gasteiger partial charge in [-0.2, -0.15) is 0 Å². The number of hydrogen-bond acceptors (Lipinski definition) is 4. The number of aromatic nitrogens is 3. The molecule has 1 unspecified atom stereocenters. The average Bonchev–Trinajstić information content (AvgIpc) is 2.82. The summed E-state index contributed by atoms with van der Waals surface area (Å²) in [5.74, 6) is -0.118. The second-order valence-corrected chi connectivity index (χ2v) is 4.75. The zero-order valence-electron chi connectivity index (χ0n) is 9.50. The molecule has 1 atom stereocenters. The van der Waals surface area contributed by atoms with Crippen LogP contribution in [0, 0.1) is 0 Å². The molecule has 1 saturated carbocycles. The van der Waals surface area contributed by atoms with E-state index in [4.69, 9.17) is 4.74 Å². The quantitative estimate of drug-likeness (QED) is 0.851. The van der Waals surface area contributed by atoms with Gasteiger partial charge in [-0.1, -0.05) is 0 Å². The highest BCUT2D eigenvalue weighted by Crippen LogP contribution is 2.42. The fourth-order valence-corrected chi connectivity index (χ4v) is 2.64. The van der Waals surface area contributed by atoms with E-state index in [-0.39, 0.29) is 6.10 Å². The molecule has 6 nitrogen and oxygen atoms in total. The van der Waals surface area contributed by atoms with Gasteiger partial charge in [-0.3, -0.25) is 4.57 Å². The van der Waals surface area contributed by atoms with Crippen molar-refractivity contribution < 1.29 is 14.6 Å². The molecular formula is C11H15N3O3. The molecule has 2 fully saturated rings. The van der Waals surface area contributed by atoms with E-state index in [1.165, 1.54) is 6.33 Å². The summed E-state index contributed by atoms with van der Waals surface area (Å²) in [6.07, 6.45) is 5.58. The van der Waals surface area contributed by atoms with E-state index in [0.717, 1.165) is 25.9 Å². The molecule has 0 radical (unpaired) electrons. The Hall–Kier alpha value is -1.43. The Kier molecular flexibility index (Phi) is 2.39. The minimum atomic E-state index is -0.829. The fourth-order valence-electron chi connectivity index (χ4n) is 2.64. The number of aliphatic carboxylic acids is 1. The van der Waals surface area contributed by atoms with Gasteiger partial charge in [0, 0.05) is 6.61 Å². The van der Waals surface area contributed by atoms with Gasteiger partial charge in [0.05, 0.1) is 0 Å². The van der Waals surface area contributed by atoms with Crippen LogP contribution in [-0.2, 0) is 15.1 Å². The first-order chi connectivity index (χ1) is 8.24. The molecule has 17 heavy (non-hydrogen) atoms. The second-order valence-electron chi connectivity index (χ2n) is 4.75. The second kappa shape index (κ2) is 3.80. The van der Waals surface area contributed by atoms with E-state index in [1.54, 1.807) is 4.57 Å². The zero-order valence-corrected chi connectivity index (χ0v) is 9.50. The van der Waals surface area contributed by atoms with Crippen molar-refractivity contribution in [2.45, 2.75) is 43.7 Å². The van der Waals surface area contributed by atoms with Gasteiger partial charge in [0.15, 0.2) is 5.82 Å². The highest BCUT2D eigenvalue weighted by molar-refractivity contribution is 5.78. The van der Waals surface area contributed by atoms with Crippen LogP contribution in [0.2, 0.25) is 0 Å². The SMILES string of the molecule is O=C(O)C1(n2cnnc2C2CCCO2)CCC1. The van der Waals surface area contributed by atoms with Crippen LogP contribution in [-0.4, -0.2) is 32.4 Å². The Morgan fingerprint density at radius 2 is 2.35 bits per heavy atom. The van der Waals surface area contributed by atoms with Crippen LogP contribution >= 0.6 is 0 Å². The first kappa shape index (κ1) is 10.7. The van der Waals surface area contributed by atoms with E-state index in [9.17, 15) is 9.90 Å². The Labute approximate surface area is 98.6 Å². The third kappa shape index (κ3) is 1.47. The maximum absolute atomic E-state index is 11.5. The van der Waals surface area contributed by atoms with Crippen molar-refractivity contribution >= 4 is 5.97 Å². The van der Waals surface area contributed by atoms with Gasteiger partial charge in [0.2, 0.25) is 0 Å². The lowest BCUT2D eigenvalue weighted by molar-refractivity contribution is -0.152. The summed E-state index contributed by atoms with van der Waals surface area (Å²) >= 11 is 0. The number of rotatable bonds is 3. The van der Waals surface area contributed by atoms with Crippen molar-refractivity contribution in [3.05, 3.63) is 12.2 Å². The Morgan fingerprint density at radius 3 is 2.88 bits per heavy atom. The molecule has 2 aliphatic rings. The van der Waals surface area contributed by atoms with Gasteiger partial charge >= 0.3 is 5.97 Å². The van der Waals surface area contributed by atoms with Crippen molar-refractivity contribution in [3.63, 3.8) is 0 Å². The molecule has 0 amide bonds. The first-order valence-electron chi connectivity index (χ1n) is 5.99. The van der Waals surface area contributed by atoms with Crippen molar-refractivity contribution in [2.24, 2.45) is 0 Å².